The van der Waals surface area contributed by atoms with Gasteiger partial charge in [-0.05, 0) is 85.0 Å². The summed E-state index contributed by atoms with van der Waals surface area (Å²) in [5.74, 6) is 1.19. The molecule has 0 radical (unpaired) electrons. The summed E-state index contributed by atoms with van der Waals surface area (Å²) in [4.78, 5) is 23.7. The van der Waals surface area contributed by atoms with E-state index in [9.17, 15) is 9.59 Å². The van der Waals surface area contributed by atoms with Gasteiger partial charge in [0, 0.05) is 23.4 Å². The first-order valence-electron chi connectivity index (χ1n) is 10.2. The third kappa shape index (κ3) is 5.93. The van der Waals surface area contributed by atoms with Gasteiger partial charge < -0.3 is 20.5 Å². The van der Waals surface area contributed by atoms with Gasteiger partial charge in [0.25, 0.3) is 5.91 Å². The molecule has 0 spiro atoms. The van der Waals surface area contributed by atoms with E-state index in [4.69, 9.17) is 15.2 Å². The Kier molecular flexibility index (Phi) is 6.29. The van der Waals surface area contributed by atoms with Crippen molar-refractivity contribution in [1.82, 2.24) is 0 Å². The Morgan fingerprint density at radius 2 is 1.55 bits per heavy atom. The van der Waals surface area contributed by atoms with Crippen LogP contribution < -0.4 is 15.8 Å². The Morgan fingerprint density at radius 1 is 0.903 bits per heavy atom. The molecule has 1 aliphatic carbocycles. The van der Waals surface area contributed by atoms with Gasteiger partial charge in [0.05, 0.1) is 6.61 Å². The molecule has 0 atom stereocenters. The lowest BCUT2D eigenvalue weighted by molar-refractivity contribution is 0.0997. The summed E-state index contributed by atoms with van der Waals surface area (Å²) in [5, 5.41) is 2.92. The van der Waals surface area contributed by atoms with Crippen LogP contribution in [0, 0.1) is 5.92 Å². The zero-order valence-corrected chi connectivity index (χ0v) is 17.0. The van der Waals surface area contributed by atoms with E-state index >= 15 is 0 Å². The fraction of sp³-hybridized carbons (Fsp3) is 0.200. The molecule has 6 heteroatoms. The minimum absolute atomic E-state index is 0.201. The van der Waals surface area contributed by atoms with Crippen LogP contribution in [0.2, 0.25) is 0 Å². The molecule has 6 nitrogen and oxygen atoms in total. The van der Waals surface area contributed by atoms with E-state index < -0.39 is 5.91 Å². The van der Waals surface area contributed by atoms with Crippen LogP contribution in [0.5, 0.6) is 11.5 Å². The van der Waals surface area contributed by atoms with Crippen molar-refractivity contribution in [2.24, 2.45) is 11.7 Å². The zero-order chi connectivity index (χ0) is 21.6. The van der Waals surface area contributed by atoms with Gasteiger partial charge in [-0.1, -0.05) is 12.1 Å². The van der Waals surface area contributed by atoms with Crippen molar-refractivity contribution < 1.29 is 19.1 Å². The number of carbonyl (C=O) groups excluding carboxylic acids is 2. The first-order chi connectivity index (χ1) is 15.1. The average molecular weight is 416 g/mol. The number of hydrogen-bond donors (Lipinski definition) is 2. The Balaban J connectivity index is 1.33. The smallest absolute Gasteiger partial charge is 0.255 e. The standard InChI is InChI=1S/C25H24N2O4/c26-24(28)19-6-10-22(11-7-19)31-23-12-8-20(9-13-23)25(29)27-21-3-1-2-18(14-21)16-30-15-17-4-5-17/h1-3,6-14,17H,4-5,15-16H2,(H2,26,28)(H,27,29). The van der Waals surface area contributed by atoms with Crippen molar-refractivity contribution in [3.8, 4) is 11.5 Å². The topological polar surface area (TPSA) is 90.7 Å². The molecule has 1 saturated carbocycles. The molecule has 0 unspecified atom stereocenters. The second kappa shape index (κ2) is 9.45. The van der Waals surface area contributed by atoms with E-state index in [-0.39, 0.29) is 5.91 Å². The summed E-state index contributed by atoms with van der Waals surface area (Å²) in [6.07, 6.45) is 2.53. The molecule has 2 amide bonds. The second-order valence-electron chi connectivity index (χ2n) is 7.63. The highest BCUT2D eigenvalue weighted by atomic mass is 16.5. The molecule has 0 aliphatic heterocycles. The number of benzene rings is 3. The SMILES string of the molecule is NC(=O)c1ccc(Oc2ccc(C(=O)Nc3cccc(COCC4CC4)c3)cc2)cc1. The van der Waals surface area contributed by atoms with Gasteiger partial charge in [-0.3, -0.25) is 9.59 Å². The first kappa shape index (κ1) is 20.6. The van der Waals surface area contributed by atoms with Crippen LogP contribution in [0.3, 0.4) is 0 Å². The number of hydrogen-bond acceptors (Lipinski definition) is 4. The van der Waals surface area contributed by atoms with Gasteiger partial charge in [0.2, 0.25) is 5.91 Å². The van der Waals surface area contributed by atoms with E-state index in [2.05, 4.69) is 5.32 Å². The predicted octanol–water partition coefficient (Wildman–Crippen LogP) is 4.76. The molecular formula is C25H24N2O4. The minimum Gasteiger partial charge on any atom is -0.457 e. The van der Waals surface area contributed by atoms with E-state index in [0.717, 1.165) is 23.8 Å². The number of nitrogens with one attached hydrogen (secondary N) is 1. The number of rotatable bonds is 9. The predicted molar refractivity (Wildman–Crippen MR) is 118 cm³/mol. The van der Waals surface area contributed by atoms with Crippen molar-refractivity contribution in [2.75, 3.05) is 11.9 Å². The number of amides is 2. The van der Waals surface area contributed by atoms with Crippen molar-refractivity contribution >= 4 is 17.5 Å². The van der Waals surface area contributed by atoms with E-state index in [1.807, 2.05) is 24.3 Å². The van der Waals surface area contributed by atoms with Gasteiger partial charge in [0.15, 0.2) is 0 Å². The summed E-state index contributed by atoms with van der Waals surface area (Å²) < 4.78 is 11.5. The maximum absolute atomic E-state index is 12.6. The fourth-order valence-corrected chi connectivity index (χ4v) is 3.07. The van der Waals surface area contributed by atoms with Crippen LogP contribution in [-0.2, 0) is 11.3 Å². The minimum atomic E-state index is -0.488. The quantitative estimate of drug-likeness (QED) is 0.526. The van der Waals surface area contributed by atoms with Gasteiger partial charge >= 0.3 is 0 Å². The van der Waals surface area contributed by atoms with Crippen molar-refractivity contribution in [3.05, 3.63) is 89.5 Å². The Morgan fingerprint density at radius 3 is 2.16 bits per heavy atom. The number of carbonyl (C=O) groups is 2. The van der Waals surface area contributed by atoms with Crippen LogP contribution in [-0.4, -0.2) is 18.4 Å². The number of primary amides is 1. The molecule has 3 aromatic rings. The van der Waals surface area contributed by atoms with Crippen molar-refractivity contribution in [2.45, 2.75) is 19.4 Å². The van der Waals surface area contributed by atoms with Gasteiger partial charge in [-0.25, -0.2) is 0 Å². The highest BCUT2D eigenvalue weighted by Crippen LogP contribution is 2.29. The van der Waals surface area contributed by atoms with E-state index in [1.165, 1.54) is 12.8 Å². The van der Waals surface area contributed by atoms with Crippen LogP contribution in [0.1, 0.15) is 39.1 Å². The van der Waals surface area contributed by atoms with Crippen LogP contribution in [0.25, 0.3) is 0 Å². The third-order valence-corrected chi connectivity index (χ3v) is 5.00. The lowest BCUT2D eigenvalue weighted by Crippen LogP contribution is -2.12. The third-order valence-electron chi connectivity index (χ3n) is 5.00. The summed E-state index contributed by atoms with van der Waals surface area (Å²) in [6.45, 7) is 1.35. The van der Waals surface area contributed by atoms with Gasteiger partial charge in [-0.2, -0.15) is 0 Å². The lowest BCUT2D eigenvalue weighted by atomic mass is 10.1. The van der Waals surface area contributed by atoms with Gasteiger partial charge in [0.1, 0.15) is 11.5 Å². The largest absolute Gasteiger partial charge is 0.457 e. The monoisotopic (exact) mass is 416 g/mol. The van der Waals surface area contributed by atoms with Crippen LogP contribution >= 0.6 is 0 Å². The zero-order valence-electron chi connectivity index (χ0n) is 17.0. The number of anilines is 1. The summed E-state index contributed by atoms with van der Waals surface area (Å²) in [6, 6.07) is 21.1. The summed E-state index contributed by atoms with van der Waals surface area (Å²) in [5.41, 5.74) is 7.93. The Labute approximate surface area is 181 Å². The summed E-state index contributed by atoms with van der Waals surface area (Å²) >= 11 is 0. The molecule has 3 N–H and O–H groups in total. The normalized spacial score (nSPS) is 12.9. The molecule has 0 aromatic heterocycles. The van der Waals surface area contributed by atoms with Gasteiger partial charge in [-0.15, -0.1) is 0 Å². The highest BCUT2D eigenvalue weighted by molar-refractivity contribution is 6.04. The molecule has 1 aliphatic rings. The maximum atomic E-state index is 12.6. The van der Waals surface area contributed by atoms with Crippen LogP contribution in [0.4, 0.5) is 5.69 Å². The highest BCUT2D eigenvalue weighted by Gasteiger charge is 2.21. The van der Waals surface area contributed by atoms with E-state index in [1.54, 1.807) is 48.5 Å². The number of nitrogens with two attached hydrogens (primary N) is 1. The van der Waals surface area contributed by atoms with Crippen molar-refractivity contribution in [3.63, 3.8) is 0 Å². The first-order valence-corrected chi connectivity index (χ1v) is 10.2. The lowest BCUT2D eigenvalue weighted by Gasteiger charge is -2.09. The van der Waals surface area contributed by atoms with Crippen molar-refractivity contribution in [1.29, 1.82) is 0 Å². The molecule has 1 fully saturated rings. The molecular weight excluding hydrogens is 392 g/mol. The molecule has 0 heterocycles. The molecule has 31 heavy (non-hydrogen) atoms. The van der Waals surface area contributed by atoms with Crippen LogP contribution in [0.15, 0.2) is 72.8 Å². The molecule has 158 valence electrons. The Bertz CT molecular complexity index is 1060. The van der Waals surface area contributed by atoms with E-state index in [0.29, 0.717) is 29.2 Å². The molecule has 0 bridgehead atoms. The fourth-order valence-electron chi connectivity index (χ4n) is 3.07. The molecule has 0 saturated heterocycles. The average Bonchev–Trinajstić information content (AvgIpc) is 3.59. The maximum Gasteiger partial charge on any atom is 0.255 e. The molecule has 3 aromatic carbocycles. The summed E-state index contributed by atoms with van der Waals surface area (Å²) in [7, 11) is 0. The number of ether oxygens (including phenoxy) is 2. The second-order valence-corrected chi connectivity index (χ2v) is 7.63. The molecule has 4 rings (SSSR count). The Hall–Kier alpha value is -3.64.